The van der Waals surface area contributed by atoms with Crippen LogP contribution in [-0.4, -0.2) is 14.9 Å². The molecule has 2 aromatic rings. The first-order valence-corrected chi connectivity index (χ1v) is 5.47. The zero-order valence-electron chi connectivity index (χ0n) is 8.61. The lowest BCUT2D eigenvalue weighted by atomic mass is 10.4. The first kappa shape index (κ1) is 11.3. The normalized spacial score (nSPS) is 10.1. The number of pyridine rings is 2. The summed E-state index contributed by atoms with van der Waals surface area (Å²) in [4.78, 5) is 19.0. The van der Waals surface area contributed by atoms with Crippen molar-refractivity contribution in [3.63, 3.8) is 0 Å². The molecule has 0 atom stereocenters. The van der Waals surface area contributed by atoms with Gasteiger partial charge >= 0.3 is 5.69 Å². The van der Waals surface area contributed by atoms with Crippen LogP contribution in [0.2, 0.25) is 0 Å². The molecule has 2 aromatic heterocycles. The summed E-state index contributed by atoms with van der Waals surface area (Å²) in [6.45, 7) is 0. The maximum absolute atomic E-state index is 10.8. The fourth-order valence-corrected chi connectivity index (χ4v) is 2.06. The van der Waals surface area contributed by atoms with E-state index in [-0.39, 0.29) is 16.5 Å². The smallest absolute Gasteiger partial charge is 0.301 e. The van der Waals surface area contributed by atoms with Crippen molar-refractivity contribution in [2.24, 2.45) is 0 Å². The molecule has 6 nitrogen and oxygen atoms in total. The number of hydrogen-bond donors (Lipinski definition) is 1. The predicted octanol–water partition coefficient (Wildman–Crippen LogP) is 2.12. The summed E-state index contributed by atoms with van der Waals surface area (Å²) >= 11 is 1.18. The van der Waals surface area contributed by atoms with Crippen molar-refractivity contribution in [1.29, 1.82) is 0 Å². The van der Waals surface area contributed by atoms with E-state index in [9.17, 15) is 10.1 Å². The van der Waals surface area contributed by atoms with E-state index in [4.69, 9.17) is 5.73 Å². The second kappa shape index (κ2) is 4.79. The van der Waals surface area contributed by atoms with Gasteiger partial charge in [0.2, 0.25) is 0 Å². The van der Waals surface area contributed by atoms with E-state index < -0.39 is 4.92 Å². The van der Waals surface area contributed by atoms with Crippen LogP contribution in [0.1, 0.15) is 0 Å². The van der Waals surface area contributed by atoms with Gasteiger partial charge in [0.15, 0.2) is 5.03 Å². The zero-order chi connectivity index (χ0) is 12.3. The molecule has 0 fully saturated rings. The monoisotopic (exact) mass is 248 g/mol. The van der Waals surface area contributed by atoms with Crippen LogP contribution in [0.4, 0.5) is 11.5 Å². The Morgan fingerprint density at radius 2 is 1.94 bits per heavy atom. The second-order valence-corrected chi connectivity index (χ2v) is 4.16. The number of nitrogens with zero attached hydrogens (tertiary/aromatic N) is 3. The van der Waals surface area contributed by atoms with E-state index >= 15 is 0 Å². The molecule has 0 unspecified atom stereocenters. The van der Waals surface area contributed by atoms with Crippen molar-refractivity contribution >= 4 is 23.3 Å². The molecule has 2 heterocycles. The van der Waals surface area contributed by atoms with Gasteiger partial charge in [-0.15, -0.1) is 0 Å². The van der Waals surface area contributed by atoms with Crippen LogP contribution in [0, 0.1) is 10.1 Å². The molecule has 0 spiro atoms. The highest BCUT2D eigenvalue weighted by atomic mass is 32.2. The topological polar surface area (TPSA) is 94.9 Å². The fourth-order valence-electron chi connectivity index (χ4n) is 1.18. The summed E-state index contributed by atoms with van der Waals surface area (Å²) in [5.74, 6) is 0.257. The molecule has 0 saturated carbocycles. The Morgan fingerprint density at radius 3 is 2.59 bits per heavy atom. The Morgan fingerprint density at radius 1 is 1.24 bits per heavy atom. The maximum atomic E-state index is 10.8. The average Bonchev–Trinajstić information content (AvgIpc) is 2.30. The molecule has 86 valence electrons. The maximum Gasteiger partial charge on any atom is 0.301 e. The lowest BCUT2D eigenvalue weighted by Crippen LogP contribution is -1.97. The lowest BCUT2D eigenvalue weighted by molar-refractivity contribution is -0.388. The standard InChI is InChI=1S/C10H8N4O2S/c11-9-2-1-8(14(15)16)10(13-9)17-7-3-5-12-6-4-7/h1-6H,(H2,11,13). The Hall–Kier alpha value is -2.15. The van der Waals surface area contributed by atoms with Gasteiger partial charge in [-0.3, -0.25) is 15.1 Å². The second-order valence-electron chi connectivity index (χ2n) is 3.10. The van der Waals surface area contributed by atoms with Crippen molar-refractivity contribution in [2.75, 3.05) is 5.73 Å². The quantitative estimate of drug-likeness (QED) is 0.660. The first-order valence-electron chi connectivity index (χ1n) is 4.65. The summed E-state index contributed by atoms with van der Waals surface area (Å²) in [5.41, 5.74) is 5.47. The number of rotatable bonds is 3. The SMILES string of the molecule is Nc1ccc([N+](=O)[O-])c(Sc2ccncc2)n1. The van der Waals surface area contributed by atoms with Gasteiger partial charge in [-0.25, -0.2) is 4.98 Å². The molecule has 2 N–H and O–H groups in total. The van der Waals surface area contributed by atoms with Crippen molar-refractivity contribution in [1.82, 2.24) is 9.97 Å². The van der Waals surface area contributed by atoms with Gasteiger partial charge < -0.3 is 5.73 Å². The Balaban J connectivity index is 2.37. The molecule has 7 heteroatoms. The molecule has 0 aromatic carbocycles. The number of aromatic nitrogens is 2. The largest absolute Gasteiger partial charge is 0.384 e. The van der Waals surface area contributed by atoms with E-state index in [1.54, 1.807) is 24.5 Å². The Kier molecular flexibility index (Phi) is 3.20. The summed E-state index contributed by atoms with van der Waals surface area (Å²) < 4.78 is 0. The van der Waals surface area contributed by atoms with Crippen molar-refractivity contribution < 1.29 is 4.92 Å². The number of nitrogen functional groups attached to an aromatic ring is 1. The predicted molar refractivity (Wildman–Crippen MR) is 63.7 cm³/mol. The van der Waals surface area contributed by atoms with Crippen molar-refractivity contribution in [2.45, 2.75) is 9.92 Å². The van der Waals surface area contributed by atoms with Gasteiger partial charge in [-0.1, -0.05) is 11.8 Å². The molecule has 17 heavy (non-hydrogen) atoms. The molecule has 0 bridgehead atoms. The fraction of sp³-hybridized carbons (Fsp3) is 0. The van der Waals surface area contributed by atoms with Gasteiger partial charge in [-0.2, -0.15) is 0 Å². The minimum absolute atomic E-state index is 0.0546. The molecule has 0 aliphatic heterocycles. The van der Waals surface area contributed by atoms with Crippen LogP contribution in [0.25, 0.3) is 0 Å². The van der Waals surface area contributed by atoms with E-state index in [0.717, 1.165) is 4.90 Å². The van der Waals surface area contributed by atoms with Crippen LogP contribution in [0.5, 0.6) is 0 Å². The Labute approximate surface area is 101 Å². The number of anilines is 1. The van der Waals surface area contributed by atoms with Crippen molar-refractivity contribution in [3.05, 3.63) is 46.8 Å². The summed E-state index contributed by atoms with van der Waals surface area (Å²) in [6, 6.07) is 6.26. The van der Waals surface area contributed by atoms with E-state index in [2.05, 4.69) is 9.97 Å². The molecule has 0 radical (unpaired) electrons. The molecule has 0 aliphatic rings. The van der Waals surface area contributed by atoms with Crippen molar-refractivity contribution in [3.8, 4) is 0 Å². The number of nitrogens with two attached hydrogens (primary N) is 1. The molecular formula is C10H8N4O2S. The van der Waals surface area contributed by atoms with Gasteiger partial charge in [0.05, 0.1) is 4.92 Å². The first-order chi connectivity index (χ1) is 8.16. The van der Waals surface area contributed by atoms with Crippen LogP contribution in [0.15, 0.2) is 46.6 Å². The molecule has 0 aliphatic carbocycles. The third kappa shape index (κ3) is 2.70. The highest BCUT2D eigenvalue weighted by molar-refractivity contribution is 7.99. The van der Waals surface area contributed by atoms with Gasteiger partial charge in [0.25, 0.3) is 0 Å². The molecular weight excluding hydrogens is 240 g/mol. The molecule has 0 saturated heterocycles. The van der Waals surface area contributed by atoms with E-state index in [0.29, 0.717) is 0 Å². The lowest BCUT2D eigenvalue weighted by Gasteiger charge is -2.02. The minimum Gasteiger partial charge on any atom is -0.384 e. The van der Waals surface area contributed by atoms with Crippen LogP contribution < -0.4 is 5.73 Å². The third-order valence-electron chi connectivity index (χ3n) is 1.92. The zero-order valence-corrected chi connectivity index (χ0v) is 9.42. The van der Waals surface area contributed by atoms with Crippen LogP contribution in [-0.2, 0) is 0 Å². The average molecular weight is 248 g/mol. The highest BCUT2D eigenvalue weighted by Crippen LogP contribution is 2.33. The number of nitro groups is 1. The van der Waals surface area contributed by atoms with Gasteiger partial charge in [0.1, 0.15) is 5.82 Å². The minimum atomic E-state index is -0.476. The van der Waals surface area contributed by atoms with E-state index in [1.807, 2.05) is 0 Å². The third-order valence-corrected chi connectivity index (χ3v) is 2.92. The van der Waals surface area contributed by atoms with E-state index in [1.165, 1.54) is 23.9 Å². The van der Waals surface area contributed by atoms with Gasteiger partial charge in [0, 0.05) is 23.4 Å². The van der Waals surface area contributed by atoms with Crippen LogP contribution in [0.3, 0.4) is 0 Å². The van der Waals surface area contributed by atoms with Crippen LogP contribution >= 0.6 is 11.8 Å². The summed E-state index contributed by atoms with van der Waals surface area (Å²) in [5, 5.41) is 11.1. The molecule has 2 rings (SSSR count). The Bertz CT molecular complexity index is 547. The number of hydrogen-bond acceptors (Lipinski definition) is 6. The summed E-state index contributed by atoms with van der Waals surface area (Å²) in [6.07, 6.45) is 3.22. The highest BCUT2D eigenvalue weighted by Gasteiger charge is 2.16. The summed E-state index contributed by atoms with van der Waals surface area (Å²) in [7, 11) is 0. The van der Waals surface area contributed by atoms with Gasteiger partial charge in [-0.05, 0) is 18.2 Å². The molecule has 0 amide bonds.